The fourth-order valence-corrected chi connectivity index (χ4v) is 4.31. The minimum Gasteiger partial charge on any atom is -0.390 e. The number of nitrogens with two attached hydrogens (primary N) is 1. The number of likely N-dealkylation sites (N-methyl/N-ethyl adjacent to an activating group) is 1. The maximum Gasteiger partial charge on any atom is 0.0639 e. The Morgan fingerprint density at radius 1 is 1.08 bits per heavy atom. The van der Waals surface area contributed by atoms with Crippen LogP contribution in [0.5, 0.6) is 0 Å². The fraction of sp³-hybridized carbons (Fsp3) is 0.238. The van der Waals surface area contributed by atoms with Crippen LogP contribution in [0.3, 0.4) is 0 Å². The molecule has 0 aliphatic carbocycles. The highest BCUT2D eigenvalue weighted by atomic mass is 32.1. The van der Waals surface area contributed by atoms with E-state index in [2.05, 4.69) is 75.2 Å². The molecular formula is C21H26N2S2. The molecule has 0 radical (unpaired) electrons. The van der Waals surface area contributed by atoms with Gasteiger partial charge < -0.3 is 11.1 Å². The Balaban J connectivity index is 2.31. The first-order valence-corrected chi connectivity index (χ1v) is 9.91. The summed E-state index contributed by atoms with van der Waals surface area (Å²) in [5.74, 6) is 0. The summed E-state index contributed by atoms with van der Waals surface area (Å²) in [5.41, 5.74) is 9.69. The molecule has 132 valence electrons. The van der Waals surface area contributed by atoms with E-state index >= 15 is 0 Å². The normalized spacial score (nSPS) is 14.5. The van der Waals surface area contributed by atoms with Gasteiger partial charge in [-0.15, -0.1) is 22.7 Å². The minimum atomic E-state index is -0.226. The van der Waals surface area contributed by atoms with Crippen LogP contribution in [-0.4, -0.2) is 13.1 Å². The summed E-state index contributed by atoms with van der Waals surface area (Å²) in [7, 11) is 1.91. The SMILES string of the molecule is C=C/C(=C\C(N)/C(=C/C(=C\C)c1ccc(C)s1)NC)c1ccc(C)s1. The van der Waals surface area contributed by atoms with Crippen molar-refractivity contribution in [3.8, 4) is 0 Å². The van der Waals surface area contributed by atoms with E-state index in [-0.39, 0.29) is 6.04 Å². The number of hydrogen-bond donors (Lipinski definition) is 2. The fourth-order valence-electron chi connectivity index (χ4n) is 2.51. The quantitative estimate of drug-likeness (QED) is 0.629. The maximum absolute atomic E-state index is 6.46. The van der Waals surface area contributed by atoms with Gasteiger partial charge in [0.15, 0.2) is 0 Å². The smallest absolute Gasteiger partial charge is 0.0639 e. The largest absolute Gasteiger partial charge is 0.390 e. The van der Waals surface area contributed by atoms with Gasteiger partial charge in [0.1, 0.15) is 0 Å². The van der Waals surface area contributed by atoms with Gasteiger partial charge in [0.05, 0.1) is 6.04 Å². The monoisotopic (exact) mass is 370 g/mol. The number of nitrogens with one attached hydrogen (secondary N) is 1. The summed E-state index contributed by atoms with van der Waals surface area (Å²) in [4.78, 5) is 5.03. The van der Waals surface area contributed by atoms with Crippen molar-refractivity contribution >= 4 is 33.8 Å². The molecule has 1 atom stereocenters. The molecule has 25 heavy (non-hydrogen) atoms. The van der Waals surface area contributed by atoms with Crippen molar-refractivity contribution in [1.29, 1.82) is 0 Å². The third kappa shape index (κ3) is 5.05. The second-order valence-electron chi connectivity index (χ2n) is 5.77. The topological polar surface area (TPSA) is 38.0 Å². The summed E-state index contributed by atoms with van der Waals surface area (Å²) < 4.78 is 0. The van der Waals surface area contributed by atoms with Gasteiger partial charge in [0.2, 0.25) is 0 Å². The van der Waals surface area contributed by atoms with Crippen LogP contribution < -0.4 is 11.1 Å². The summed E-state index contributed by atoms with van der Waals surface area (Å²) in [6.07, 6.45) is 8.19. The molecule has 2 nitrogen and oxygen atoms in total. The van der Waals surface area contributed by atoms with Crippen molar-refractivity contribution in [2.75, 3.05) is 7.05 Å². The van der Waals surface area contributed by atoms with Gasteiger partial charge in [-0.1, -0.05) is 24.8 Å². The lowest BCUT2D eigenvalue weighted by Crippen LogP contribution is -2.28. The molecule has 1 unspecified atom stereocenters. The third-order valence-corrected chi connectivity index (χ3v) is 6.00. The number of aryl methyl sites for hydroxylation is 2. The van der Waals surface area contributed by atoms with E-state index in [1.807, 2.05) is 13.1 Å². The number of hydrogen-bond acceptors (Lipinski definition) is 4. The van der Waals surface area contributed by atoms with Gasteiger partial charge >= 0.3 is 0 Å². The molecule has 0 spiro atoms. The maximum atomic E-state index is 6.46. The van der Waals surface area contributed by atoms with E-state index in [0.29, 0.717) is 0 Å². The molecule has 0 bridgehead atoms. The molecule has 3 N–H and O–H groups in total. The van der Waals surface area contributed by atoms with Gasteiger partial charge in [-0.3, -0.25) is 0 Å². The lowest BCUT2D eigenvalue weighted by molar-refractivity contribution is 0.832. The Morgan fingerprint density at radius 3 is 2.04 bits per heavy atom. The third-order valence-electron chi connectivity index (χ3n) is 3.90. The molecule has 0 saturated carbocycles. The summed E-state index contributed by atoms with van der Waals surface area (Å²) >= 11 is 3.55. The Morgan fingerprint density at radius 2 is 1.64 bits per heavy atom. The van der Waals surface area contributed by atoms with Crippen LogP contribution in [0.25, 0.3) is 11.1 Å². The van der Waals surface area contributed by atoms with Crippen LogP contribution in [0, 0.1) is 13.8 Å². The summed E-state index contributed by atoms with van der Waals surface area (Å²) in [6, 6.07) is 8.31. The zero-order chi connectivity index (χ0) is 18.4. The Kier molecular flexibility index (Phi) is 7.00. The van der Waals surface area contributed by atoms with Gasteiger partial charge in [-0.2, -0.15) is 0 Å². The number of allylic oxidation sites excluding steroid dienone is 5. The van der Waals surface area contributed by atoms with Crippen LogP contribution in [0.1, 0.15) is 26.4 Å². The highest BCUT2D eigenvalue weighted by Gasteiger charge is 2.10. The van der Waals surface area contributed by atoms with Gasteiger partial charge in [-0.25, -0.2) is 0 Å². The Labute approximate surface area is 159 Å². The average Bonchev–Trinajstić information content (AvgIpc) is 3.22. The highest BCUT2D eigenvalue weighted by molar-refractivity contribution is 7.13. The zero-order valence-electron chi connectivity index (χ0n) is 15.3. The van der Waals surface area contributed by atoms with E-state index in [4.69, 9.17) is 5.73 Å². The Bertz CT molecular complexity index is 819. The molecule has 2 aromatic rings. The highest BCUT2D eigenvalue weighted by Crippen LogP contribution is 2.27. The van der Waals surface area contributed by atoms with Crippen molar-refractivity contribution in [3.63, 3.8) is 0 Å². The van der Waals surface area contributed by atoms with E-state index in [1.54, 1.807) is 22.7 Å². The van der Waals surface area contributed by atoms with Gasteiger partial charge in [-0.05, 0) is 62.3 Å². The molecule has 0 amide bonds. The predicted octanol–water partition coefficient (Wildman–Crippen LogP) is 5.53. The summed E-state index contributed by atoms with van der Waals surface area (Å²) in [5, 5.41) is 3.25. The Hall–Kier alpha value is -1.88. The molecule has 4 heteroatoms. The van der Waals surface area contributed by atoms with Crippen molar-refractivity contribution in [1.82, 2.24) is 5.32 Å². The minimum absolute atomic E-state index is 0.226. The van der Waals surface area contributed by atoms with Gasteiger partial charge in [0.25, 0.3) is 0 Å². The molecule has 0 aliphatic heterocycles. The number of thiophene rings is 2. The molecule has 0 aliphatic rings. The lowest BCUT2D eigenvalue weighted by Gasteiger charge is -2.14. The lowest BCUT2D eigenvalue weighted by atomic mass is 10.1. The van der Waals surface area contributed by atoms with E-state index < -0.39 is 0 Å². The van der Waals surface area contributed by atoms with Crippen LogP contribution in [-0.2, 0) is 0 Å². The van der Waals surface area contributed by atoms with E-state index in [9.17, 15) is 0 Å². The van der Waals surface area contributed by atoms with Crippen molar-refractivity contribution < 1.29 is 0 Å². The van der Waals surface area contributed by atoms with E-state index in [0.717, 1.165) is 11.3 Å². The molecule has 2 aromatic heterocycles. The van der Waals surface area contributed by atoms with Crippen LogP contribution in [0.15, 0.2) is 60.8 Å². The molecule has 0 aromatic carbocycles. The molecular weight excluding hydrogens is 344 g/mol. The summed E-state index contributed by atoms with van der Waals surface area (Å²) in [6.45, 7) is 10.2. The van der Waals surface area contributed by atoms with Crippen LogP contribution in [0.4, 0.5) is 0 Å². The second kappa shape index (κ2) is 8.99. The van der Waals surface area contributed by atoms with Crippen molar-refractivity contribution in [3.05, 3.63) is 80.4 Å². The first kappa shape index (κ1) is 19.4. The molecule has 2 heterocycles. The first-order chi connectivity index (χ1) is 12.0. The van der Waals surface area contributed by atoms with Crippen LogP contribution in [0.2, 0.25) is 0 Å². The standard InChI is InChI=1S/C21H26N2S2/c1-6-16(20-10-8-14(3)24-20)12-18(22)19(23-5)13-17(7-2)21-11-9-15(4)25-21/h6-13,18,23H,1,22H2,2-5H3/b16-12+,17-7+,19-13-. The molecule has 0 saturated heterocycles. The predicted molar refractivity (Wildman–Crippen MR) is 115 cm³/mol. The first-order valence-electron chi connectivity index (χ1n) is 8.27. The number of rotatable bonds is 7. The zero-order valence-corrected chi connectivity index (χ0v) is 16.9. The second-order valence-corrected chi connectivity index (χ2v) is 8.34. The van der Waals surface area contributed by atoms with Crippen molar-refractivity contribution in [2.24, 2.45) is 5.73 Å². The van der Waals surface area contributed by atoms with E-state index in [1.165, 1.54) is 25.1 Å². The van der Waals surface area contributed by atoms with Crippen molar-refractivity contribution in [2.45, 2.75) is 26.8 Å². The average molecular weight is 371 g/mol. The van der Waals surface area contributed by atoms with Crippen LogP contribution >= 0.6 is 22.7 Å². The van der Waals surface area contributed by atoms with Gasteiger partial charge in [0, 0.05) is 32.3 Å². The molecule has 0 fully saturated rings. The molecule has 2 rings (SSSR count).